The Kier molecular flexibility index (Phi) is 5.64. The van der Waals surface area contributed by atoms with E-state index in [1.165, 1.54) is 0 Å². The Morgan fingerprint density at radius 1 is 1.11 bits per heavy atom. The lowest BCUT2D eigenvalue weighted by atomic mass is 10.1. The Labute approximate surface area is 174 Å². The molecule has 0 atom stereocenters. The Balaban J connectivity index is 1.79. The van der Waals surface area contributed by atoms with Crippen molar-refractivity contribution in [3.8, 4) is 17.1 Å². The minimum absolute atomic E-state index is 0.196. The third-order valence-electron chi connectivity index (χ3n) is 5.19. The Hall–Kier alpha value is -1.99. The fourth-order valence-corrected chi connectivity index (χ4v) is 3.98. The van der Waals surface area contributed by atoms with Crippen LogP contribution in [-0.2, 0) is 6.67 Å². The number of para-hydroxylation sites is 1. The molecule has 1 saturated heterocycles. The number of halogens is 1. The predicted molar refractivity (Wildman–Crippen MR) is 114 cm³/mol. The number of aliphatic hydroxyl groups excluding tert-OH is 1. The number of benzene rings is 2. The number of aromatic nitrogens is 3. The van der Waals surface area contributed by atoms with Crippen molar-refractivity contribution in [2.75, 3.05) is 13.1 Å². The highest BCUT2D eigenvalue weighted by molar-refractivity contribution is 7.71. The van der Waals surface area contributed by atoms with Gasteiger partial charge in [-0.25, -0.2) is 4.68 Å². The Morgan fingerprint density at radius 2 is 1.79 bits per heavy atom. The van der Waals surface area contributed by atoms with E-state index in [9.17, 15) is 5.11 Å². The zero-order valence-corrected chi connectivity index (χ0v) is 17.3. The summed E-state index contributed by atoms with van der Waals surface area (Å²) in [6.07, 6.45) is 1.38. The largest absolute Gasteiger partial charge is 0.393 e. The van der Waals surface area contributed by atoms with Crippen LogP contribution in [0.1, 0.15) is 18.4 Å². The third kappa shape index (κ3) is 3.91. The standard InChI is InChI=1S/C21H23ClN4OS/c1-15-4-2-3-5-19(15)26-20(16-6-8-17(22)9-7-16)23-25(21(26)28)14-24-12-10-18(27)11-13-24/h2-9,18,27H,10-14H2,1H3. The van der Waals surface area contributed by atoms with Crippen LogP contribution in [0.3, 0.4) is 0 Å². The van der Waals surface area contributed by atoms with Crippen LogP contribution in [0, 0.1) is 11.7 Å². The molecule has 0 saturated carbocycles. The van der Waals surface area contributed by atoms with E-state index in [1.807, 2.05) is 45.6 Å². The summed E-state index contributed by atoms with van der Waals surface area (Å²) >= 11 is 11.9. The van der Waals surface area contributed by atoms with Crippen molar-refractivity contribution < 1.29 is 5.11 Å². The first-order chi connectivity index (χ1) is 13.5. The molecule has 5 nitrogen and oxygen atoms in total. The summed E-state index contributed by atoms with van der Waals surface area (Å²) in [5.74, 6) is 0.799. The number of nitrogens with zero attached hydrogens (tertiary/aromatic N) is 4. The highest BCUT2D eigenvalue weighted by atomic mass is 35.5. The normalized spacial score (nSPS) is 15.8. The van der Waals surface area contributed by atoms with E-state index >= 15 is 0 Å². The number of aliphatic hydroxyl groups is 1. The van der Waals surface area contributed by atoms with Crippen molar-refractivity contribution in [3.63, 3.8) is 0 Å². The molecule has 1 aromatic heterocycles. The van der Waals surface area contributed by atoms with Crippen LogP contribution in [0.15, 0.2) is 48.5 Å². The minimum atomic E-state index is -0.196. The molecule has 7 heteroatoms. The molecule has 3 aromatic rings. The number of hydrogen-bond donors (Lipinski definition) is 1. The first kappa shape index (κ1) is 19.3. The van der Waals surface area contributed by atoms with Crippen LogP contribution in [0.2, 0.25) is 5.02 Å². The van der Waals surface area contributed by atoms with Crippen LogP contribution in [0.25, 0.3) is 17.1 Å². The lowest BCUT2D eigenvalue weighted by Crippen LogP contribution is -2.37. The molecule has 0 bridgehead atoms. The van der Waals surface area contributed by atoms with Gasteiger partial charge in [-0.1, -0.05) is 29.8 Å². The second-order valence-corrected chi connectivity index (χ2v) is 8.03. The van der Waals surface area contributed by atoms with Gasteiger partial charge in [-0.2, -0.15) is 0 Å². The summed E-state index contributed by atoms with van der Waals surface area (Å²) in [6, 6.07) is 15.8. The maximum absolute atomic E-state index is 9.76. The Bertz CT molecular complexity index is 1020. The number of aryl methyl sites for hydroxylation is 1. The van der Waals surface area contributed by atoms with Crippen molar-refractivity contribution in [2.45, 2.75) is 32.5 Å². The van der Waals surface area contributed by atoms with Crippen LogP contribution < -0.4 is 0 Å². The lowest BCUT2D eigenvalue weighted by molar-refractivity contribution is 0.0651. The maximum Gasteiger partial charge on any atom is 0.204 e. The van der Waals surface area contributed by atoms with Gasteiger partial charge in [0.05, 0.1) is 18.5 Å². The van der Waals surface area contributed by atoms with Crippen LogP contribution >= 0.6 is 23.8 Å². The predicted octanol–water partition coefficient (Wildman–Crippen LogP) is 4.45. The third-order valence-corrected chi connectivity index (χ3v) is 5.83. The number of piperidine rings is 1. The number of rotatable bonds is 4. The van der Waals surface area contributed by atoms with Crippen molar-refractivity contribution in [2.24, 2.45) is 0 Å². The molecule has 1 N–H and O–H groups in total. The van der Waals surface area contributed by atoms with Gasteiger partial charge in [0, 0.05) is 23.7 Å². The summed E-state index contributed by atoms with van der Waals surface area (Å²) in [5.41, 5.74) is 3.12. The molecule has 1 aliphatic rings. The molecule has 0 aliphatic carbocycles. The first-order valence-corrected chi connectivity index (χ1v) is 10.2. The van der Waals surface area contributed by atoms with Gasteiger partial charge < -0.3 is 5.11 Å². The molecular formula is C21H23ClN4OS. The molecular weight excluding hydrogens is 392 g/mol. The van der Waals surface area contributed by atoms with Gasteiger partial charge in [-0.05, 0) is 67.9 Å². The molecule has 0 spiro atoms. The topological polar surface area (TPSA) is 46.2 Å². The maximum atomic E-state index is 9.76. The molecule has 0 radical (unpaired) electrons. The zero-order chi connectivity index (χ0) is 19.7. The quantitative estimate of drug-likeness (QED) is 0.641. The number of likely N-dealkylation sites (tertiary alicyclic amines) is 1. The van der Waals surface area contributed by atoms with Crippen LogP contribution in [0.4, 0.5) is 0 Å². The van der Waals surface area contributed by atoms with Crippen LogP contribution in [0.5, 0.6) is 0 Å². The van der Waals surface area contributed by atoms with E-state index < -0.39 is 0 Å². The summed E-state index contributed by atoms with van der Waals surface area (Å²) in [4.78, 5) is 2.28. The van der Waals surface area contributed by atoms with E-state index in [0.29, 0.717) is 16.5 Å². The first-order valence-electron chi connectivity index (χ1n) is 9.45. The molecule has 0 amide bonds. The molecule has 2 heterocycles. The molecule has 1 fully saturated rings. The molecule has 2 aromatic carbocycles. The average molecular weight is 415 g/mol. The highest BCUT2D eigenvalue weighted by Crippen LogP contribution is 2.26. The molecule has 4 rings (SSSR count). The monoisotopic (exact) mass is 414 g/mol. The molecule has 0 unspecified atom stereocenters. The van der Waals surface area contributed by atoms with Gasteiger partial charge >= 0.3 is 0 Å². The second-order valence-electron chi connectivity index (χ2n) is 7.23. The van der Waals surface area contributed by atoms with E-state index in [4.69, 9.17) is 28.9 Å². The van der Waals surface area contributed by atoms with Gasteiger partial charge in [0.2, 0.25) is 4.77 Å². The van der Waals surface area contributed by atoms with E-state index in [0.717, 1.165) is 48.6 Å². The summed E-state index contributed by atoms with van der Waals surface area (Å²) in [6.45, 7) is 4.38. The number of hydrogen-bond acceptors (Lipinski definition) is 4. The van der Waals surface area contributed by atoms with Gasteiger partial charge in [-0.3, -0.25) is 9.47 Å². The van der Waals surface area contributed by atoms with Gasteiger partial charge in [0.1, 0.15) is 0 Å². The van der Waals surface area contributed by atoms with Crippen molar-refractivity contribution >= 4 is 23.8 Å². The molecule has 28 heavy (non-hydrogen) atoms. The highest BCUT2D eigenvalue weighted by Gasteiger charge is 2.20. The van der Waals surface area contributed by atoms with E-state index in [-0.39, 0.29) is 6.10 Å². The van der Waals surface area contributed by atoms with E-state index in [2.05, 4.69) is 24.0 Å². The van der Waals surface area contributed by atoms with Crippen molar-refractivity contribution in [1.82, 2.24) is 19.2 Å². The SMILES string of the molecule is Cc1ccccc1-n1c(-c2ccc(Cl)cc2)nn(CN2CCC(O)CC2)c1=S. The average Bonchev–Trinajstić information content (AvgIpc) is 3.01. The van der Waals surface area contributed by atoms with E-state index in [1.54, 1.807) is 0 Å². The molecule has 1 aliphatic heterocycles. The molecule has 146 valence electrons. The van der Waals surface area contributed by atoms with Gasteiger partial charge in [0.25, 0.3) is 0 Å². The van der Waals surface area contributed by atoms with Gasteiger partial charge in [0.15, 0.2) is 5.82 Å². The lowest BCUT2D eigenvalue weighted by Gasteiger charge is -2.28. The fourth-order valence-electron chi connectivity index (χ4n) is 3.57. The van der Waals surface area contributed by atoms with Crippen LogP contribution in [-0.4, -0.2) is 43.5 Å². The van der Waals surface area contributed by atoms with Gasteiger partial charge in [-0.15, -0.1) is 5.10 Å². The summed E-state index contributed by atoms with van der Waals surface area (Å²) in [5, 5.41) is 15.3. The van der Waals surface area contributed by atoms with Crippen molar-refractivity contribution in [3.05, 3.63) is 63.9 Å². The van der Waals surface area contributed by atoms with Crippen molar-refractivity contribution in [1.29, 1.82) is 0 Å². The fraction of sp³-hybridized carbons (Fsp3) is 0.333. The minimum Gasteiger partial charge on any atom is -0.393 e. The smallest absolute Gasteiger partial charge is 0.204 e. The zero-order valence-electron chi connectivity index (χ0n) is 15.8. The summed E-state index contributed by atoms with van der Waals surface area (Å²) < 4.78 is 4.57. The summed E-state index contributed by atoms with van der Waals surface area (Å²) in [7, 11) is 0. The Morgan fingerprint density at radius 3 is 2.46 bits per heavy atom. The second kappa shape index (κ2) is 8.17.